The molecule has 0 spiro atoms. The lowest BCUT2D eigenvalue weighted by molar-refractivity contribution is 0.0951. The van der Waals surface area contributed by atoms with Gasteiger partial charge in [0.25, 0.3) is 5.91 Å². The van der Waals surface area contributed by atoms with E-state index in [1.165, 1.54) is 0 Å². The Labute approximate surface area is 93.4 Å². The van der Waals surface area contributed by atoms with E-state index in [1.54, 1.807) is 0 Å². The molecule has 1 amide bonds. The number of carbonyl (C=O) groups excluding carboxylic acids is 1. The first-order valence-corrected chi connectivity index (χ1v) is 5.54. The highest BCUT2D eigenvalue weighted by molar-refractivity contribution is 6.07. The zero-order valence-electron chi connectivity index (χ0n) is 9.12. The second kappa shape index (κ2) is 3.37. The Bertz CT molecular complexity index is 552. The summed E-state index contributed by atoms with van der Waals surface area (Å²) in [5, 5.41) is 3.89. The highest BCUT2D eigenvalue weighted by Crippen LogP contribution is 2.26. The van der Waals surface area contributed by atoms with Crippen LogP contribution in [0.3, 0.4) is 0 Å². The molecule has 1 aliphatic rings. The second-order valence-electron chi connectivity index (χ2n) is 4.28. The van der Waals surface area contributed by atoms with Gasteiger partial charge in [-0.05, 0) is 25.8 Å². The van der Waals surface area contributed by atoms with Crippen LogP contribution in [0.25, 0.3) is 11.0 Å². The molecule has 0 unspecified atom stereocenters. The molecule has 1 heterocycles. The molecule has 1 aliphatic carbocycles. The number of furan rings is 1. The fraction of sp³-hybridized carbons (Fsp3) is 0.308. The molecule has 1 saturated carbocycles. The van der Waals surface area contributed by atoms with Crippen LogP contribution in [-0.4, -0.2) is 11.9 Å². The quantitative estimate of drug-likeness (QED) is 0.836. The van der Waals surface area contributed by atoms with Crippen molar-refractivity contribution < 1.29 is 9.21 Å². The number of hydrogen-bond acceptors (Lipinski definition) is 2. The van der Waals surface area contributed by atoms with Crippen molar-refractivity contribution in [3.05, 3.63) is 35.6 Å². The van der Waals surface area contributed by atoms with Gasteiger partial charge in [0.2, 0.25) is 0 Å². The minimum atomic E-state index is -0.00931. The fourth-order valence-corrected chi connectivity index (χ4v) is 1.94. The summed E-state index contributed by atoms with van der Waals surface area (Å²) in [6, 6.07) is 8.02. The number of hydrogen-bond donors (Lipinski definition) is 1. The van der Waals surface area contributed by atoms with Crippen molar-refractivity contribution in [2.75, 3.05) is 0 Å². The van der Waals surface area contributed by atoms with Crippen molar-refractivity contribution >= 4 is 16.9 Å². The first kappa shape index (κ1) is 9.46. The molecule has 3 heteroatoms. The lowest BCUT2D eigenvalue weighted by atomic mass is 10.1. The van der Waals surface area contributed by atoms with Gasteiger partial charge >= 0.3 is 0 Å². The molecule has 0 atom stereocenters. The Morgan fingerprint density at radius 2 is 2.12 bits per heavy atom. The van der Waals surface area contributed by atoms with E-state index in [4.69, 9.17) is 4.42 Å². The maximum absolute atomic E-state index is 12.0. The average molecular weight is 215 g/mol. The van der Waals surface area contributed by atoms with Crippen molar-refractivity contribution in [1.29, 1.82) is 0 Å². The van der Waals surface area contributed by atoms with Gasteiger partial charge in [-0.25, -0.2) is 0 Å². The van der Waals surface area contributed by atoms with Gasteiger partial charge < -0.3 is 9.73 Å². The number of aryl methyl sites for hydroxylation is 1. The third kappa shape index (κ3) is 1.48. The Balaban J connectivity index is 2.06. The van der Waals surface area contributed by atoms with Crippen molar-refractivity contribution in [3.8, 4) is 0 Å². The van der Waals surface area contributed by atoms with E-state index in [1.807, 2.05) is 31.2 Å². The molecule has 0 aliphatic heterocycles. The second-order valence-corrected chi connectivity index (χ2v) is 4.28. The SMILES string of the molecule is Cc1oc2ccccc2c1C(=O)NC1CC1. The summed E-state index contributed by atoms with van der Waals surface area (Å²) in [5.41, 5.74) is 1.46. The zero-order valence-corrected chi connectivity index (χ0v) is 9.12. The molecule has 1 aromatic heterocycles. The minimum absolute atomic E-state index is 0.00931. The maximum atomic E-state index is 12.0. The summed E-state index contributed by atoms with van der Waals surface area (Å²) in [7, 11) is 0. The maximum Gasteiger partial charge on any atom is 0.255 e. The van der Waals surface area contributed by atoms with E-state index < -0.39 is 0 Å². The highest BCUT2D eigenvalue weighted by atomic mass is 16.3. The van der Waals surface area contributed by atoms with Gasteiger partial charge in [0, 0.05) is 11.4 Å². The number of carbonyl (C=O) groups is 1. The van der Waals surface area contributed by atoms with E-state index in [0.29, 0.717) is 17.4 Å². The zero-order chi connectivity index (χ0) is 11.1. The smallest absolute Gasteiger partial charge is 0.255 e. The minimum Gasteiger partial charge on any atom is -0.461 e. The standard InChI is InChI=1S/C13H13NO2/c1-8-12(13(15)14-9-6-7-9)10-4-2-3-5-11(10)16-8/h2-5,9H,6-7H2,1H3,(H,14,15). The van der Waals surface area contributed by atoms with E-state index in [2.05, 4.69) is 5.32 Å². The van der Waals surface area contributed by atoms with Gasteiger partial charge in [-0.2, -0.15) is 0 Å². The first-order valence-electron chi connectivity index (χ1n) is 5.54. The van der Waals surface area contributed by atoms with Crippen LogP contribution in [0.5, 0.6) is 0 Å². The Kier molecular flexibility index (Phi) is 1.99. The lowest BCUT2D eigenvalue weighted by Gasteiger charge is -2.01. The van der Waals surface area contributed by atoms with Crippen LogP contribution in [-0.2, 0) is 0 Å². The molecular weight excluding hydrogens is 202 g/mol. The van der Waals surface area contributed by atoms with E-state index in [-0.39, 0.29) is 5.91 Å². The summed E-state index contributed by atoms with van der Waals surface area (Å²) in [6.45, 7) is 1.84. The van der Waals surface area contributed by atoms with Crippen LogP contribution in [0, 0.1) is 6.92 Å². The van der Waals surface area contributed by atoms with Crippen LogP contribution >= 0.6 is 0 Å². The van der Waals surface area contributed by atoms with Crippen molar-refractivity contribution in [2.24, 2.45) is 0 Å². The van der Waals surface area contributed by atoms with Crippen LogP contribution < -0.4 is 5.32 Å². The first-order chi connectivity index (χ1) is 7.75. The highest BCUT2D eigenvalue weighted by Gasteiger charge is 2.26. The largest absolute Gasteiger partial charge is 0.461 e. The van der Waals surface area contributed by atoms with Gasteiger partial charge in [0.1, 0.15) is 11.3 Å². The molecule has 1 aromatic carbocycles. The predicted molar refractivity (Wildman–Crippen MR) is 61.4 cm³/mol. The van der Waals surface area contributed by atoms with Gasteiger partial charge in [-0.15, -0.1) is 0 Å². The summed E-state index contributed by atoms with van der Waals surface area (Å²) in [6.07, 6.45) is 2.20. The normalized spacial score (nSPS) is 15.3. The van der Waals surface area contributed by atoms with Crippen molar-refractivity contribution in [3.63, 3.8) is 0 Å². The Morgan fingerprint density at radius 3 is 2.88 bits per heavy atom. The molecule has 0 radical (unpaired) electrons. The van der Waals surface area contributed by atoms with Gasteiger partial charge in [-0.3, -0.25) is 4.79 Å². The number of fused-ring (bicyclic) bond motifs is 1. The molecule has 1 fully saturated rings. The molecule has 0 bridgehead atoms. The number of rotatable bonds is 2. The van der Waals surface area contributed by atoms with Crippen LogP contribution in [0.15, 0.2) is 28.7 Å². The Morgan fingerprint density at radius 1 is 1.38 bits per heavy atom. The monoisotopic (exact) mass is 215 g/mol. The lowest BCUT2D eigenvalue weighted by Crippen LogP contribution is -2.25. The molecular formula is C13H13NO2. The van der Waals surface area contributed by atoms with Crippen LogP contribution in [0.2, 0.25) is 0 Å². The predicted octanol–water partition coefficient (Wildman–Crippen LogP) is 2.63. The average Bonchev–Trinajstić information content (AvgIpc) is 2.98. The van der Waals surface area contributed by atoms with Crippen molar-refractivity contribution in [1.82, 2.24) is 5.32 Å². The fourth-order valence-electron chi connectivity index (χ4n) is 1.94. The van der Waals surface area contributed by atoms with E-state index in [0.717, 1.165) is 23.8 Å². The summed E-state index contributed by atoms with van der Waals surface area (Å²) in [5.74, 6) is 0.685. The molecule has 3 rings (SSSR count). The van der Waals surface area contributed by atoms with Gasteiger partial charge in [0.15, 0.2) is 0 Å². The third-order valence-electron chi connectivity index (χ3n) is 2.91. The topological polar surface area (TPSA) is 42.2 Å². The van der Waals surface area contributed by atoms with Crippen LogP contribution in [0.4, 0.5) is 0 Å². The number of benzene rings is 1. The summed E-state index contributed by atoms with van der Waals surface area (Å²) < 4.78 is 5.56. The summed E-state index contributed by atoms with van der Waals surface area (Å²) in [4.78, 5) is 12.0. The number of nitrogens with one attached hydrogen (secondary N) is 1. The van der Waals surface area contributed by atoms with E-state index >= 15 is 0 Å². The molecule has 2 aromatic rings. The molecule has 82 valence electrons. The number of para-hydroxylation sites is 1. The van der Waals surface area contributed by atoms with Gasteiger partial charge in [0.05, 0.1) is 5.56 Å². The summed E-state index contributed by atoms with van der Waals surface area (Å²) >= 11 is 0. The molecule has 1 N–H and O–H groups in total. The third-order valence-corrected chi connectivity index (χ3v) is 2.91. The molecule has 0 saturated heterocycles. The molecule has 3 nitrogen and oxygen atoms in total. The van der Waals surface area contributed by atoms with Crippen LogP contribution in [0.1, 0.15) is 29.0 Å². The van der Waals surface area contributed by atoms with E-state index in [9.17, 15) is 4.79 Å². The number of amides is 1. The van der Waals surface area contributed by atoms with Crippen molar-refractivity contribution in [2.45, 2.75) is 25.8 Å². The molecule has 16 heavy (non-hydrogen) atoms. The Hall–Kier alpha value is -1.77. The van der Waals surface area contributed by atoms with Gasteiger partial charge in [-0.1, -0.05) is 18.2 Å².